The number of nitrogens with zero attached hydrogens (tertiary/aromatic N) is 2. The molecule has 3 heteroatoms. The molecule has 0 saturated heterocycles. The average molecular weight is 235 g/mol. The fourth-order valence-electron chi connectivity index (χ4n) is 2.85. The van der Waals surface area contributed by atoms with E-state index in [9.17, 15) is 0 Å². The lowest BCUT2D eigenvalue weighted by Gasteiger charge is -2.21. The Morgan fingerprint density at radius 1 is 1.35 bits per heavy atom. The molecule has 0 aliphatic heterocycles. The fourth-order valence-corrected chi connectivity index (χ4v) is 2.85. The van der Waals surface area contributed by atoms with Gasteiger partial charge >= 0.3 is 0 Å². The Morgan fingerprint density at radius 2 is 2.06 bits per heavy atom. The van der Waals surface area contributed by atoms with Gasteiger partial charge in [-0.05, 0) is 25.2 Å². The summed E-state index contributed by atoms with van der Waals surface area (Å²) in [7, 11) is 0. The Balaban J connectivity index is 1.98. The van der Waals surface area contributed by atoms with Crippen LogP contribution in [0.5, 0.6) is 0 Å². The molecular formula is C14H25N3. The highest BCUT2D eigenvalue weighted by molar-refractivity contribution is 5.11. The topological polar surface area (TPSA) is 43.8 Å². The van der Waals surface area contributed by atoms with Crippen LogP contribution in [-0.2, 0) is 6.54 Å². The molecular weight excluding hydrogens is 210 g/mol. The Bertz CT molecular complexity index is 324. The van der Waals surface area contributed by atoms with Crippen molar-refractivity contribution in [3.05, 3.63) is 18.0 Å². The molecule has 1 aliphatic carbocycles. The van der Waals surface area contributed by atoms with E-state index in [-0.39, 0.29) is 6.04 Å². The third-order valence-electron chi connectivity index (χ3n) is 3.90. The standard InChI is InChI=1S/C14H25N3/c1-2-9-17-11-13(10-16-17)14(15)12-7-5-3-4-6-8-12/h10-12,14H,2-9,15H2,1H3. The van der Waals surface area contributed by atoms with Crippen LogP contribution in [0.3, 0.4) is 0 Å². The van der Waals surface area contributed by atoms with Crippen molar-refractivity contribution in [3.8, 4) is 0 Å². The molecule has 2 N–H and O–H groups in total. The quantitative estimate of drug-likeness (QED) is 0.814. The molecule has 1 atom stereocenters. The normalized spacial score (nSPS) is 20.1. The summed E-state index contributed by atoms with van der Waals surface area (Å²) in [5, 5.41) is 4.38. The summed E-state index contributed by atoms with van der Waals surface area (Å²) in [6, 6.07) is 0.193. The lowest BCUT2D eigenvalue weighted by molar-refractivity contribution is 0.382. The van der Waals surface area contributed by atoms with Crippen LogP contribution in [0.2, 0.25) is 0 Å². The maximum Gasteiger partial charge on any atom is 0.0537 e. The van der Waals surface area contributed by atoms with Crippen LogP contribution < -0.4 is 5.73 Å². The van der Waals surface area contributed by atoms with Gasteiger partial charge in [0.25, 0.3) is 0 Å². The van der Waals surface area contributed by atoms with E-state index >= 15 is 0 Å². The van der Waals surface area contributed by atoms with Gasteiger partial charge in [0.2, 0.25) is 0 Å². The van der Waals surface area contributed by atoms with Crippen LogP contribution in [0.15, 0.2) is 12.4 Å². The Kier molecular flexibility index (Phi) is 4.60. The summed E-state index contributed by atoms with van der Waals surface area (Å²) < 4.78 is 2.02. The molecule has 1 aliphatic rings. The predicted octanol–water partition coefficient (Wildman–Crippen LogP) is 3.26. The summed E-state index contributed by atoms with van der Waals surface area (Å²) in [5.41, 5.74) is 7.62. The van der Waals surface area contributed by atoms with Crippen molar-refractivity contribution < 1.29 is 0 Å². The van der Waals surface area contributed by atoms with Gasteiger partial charge in [-0.2, -0.15) is 5.10 Å². The summed E-state index contributed by atoms with van der Waals surface area (Å²) in [6.45, 7) is 3.17. The van der Waals surface area contributed by atoms with E-state index in [2.05, 4.69) is 18.2 Å². The zero-order valence-electron chi connectivity index (χ0n) is 10.9. The molecule has 2 rings (SSSR count). The minimum absolute atomic E-state index is 0.193. The summed E-state index contributed by atoms with van der Waals surface area (Å²) in [6.07, 6.45) is 13.3. The third kappa shape index (κ3) is 3.32. The van der Waals surface area contributed by atoms with Crippen molar-refractivity contribution in [2.45, 2.75) is 64.5 Å². The smallest absolute Gasteiger partial charge is 0.0537 e. The Hall–Kier alpha value is -0.830. The van der Waals surface area contributed by atoms with Crippen molar-refractivity contribution >= 4 is 0 Å². The van der Waals surface area contributed by atoms with E-state index in [1.807, 2.05) is 10.9 Å². The lowest BCUT2D eigenvalue weighted by Crippen LogP contribution is -2.20. The second-order valence-electron chi connectivity index (χ2n) is 5.31. The molecule has 1 saturated carbocycles. The first kappa shape index (κ1) is 12.6. The van der Waals surface area contributed by atoms with Crippen molar-refractivity contribution in [1.82, 2.24) is 9.78 Å². The van der Waals surface area contributed by atoms with Crippen molar-refractivity contribution in [3.63, 3.8) is 0 Å². The van der Waals surface area contributed by atoms with E-state index in [1.165, 1.54) is 44.1 Å². The van der Waals surface area contributed by atoms with Crippen molar-refractivity contribution in [1.29, 1.82) is 0 Å². The maximum atomic E-state index is 6.40. The number of aryl methyl sites for hydroxylation is 1. The molecule has 1 aromatic heterocycles. The predicted molar refractivity (Wildman–Crippen MR) is 70.6 cm³/mol. The molecule has 1 heterocycles. The first-order valence-corrected chi connectivity index (χ1v) is 7.09. The number of hydrogen-bond donors (Lipinski definition) is 1. The first-order valence-electron chi connectivity index (χ1n) is 7.09. The summed E-state index contributed by atoms with van der Waals surface area (Å²) in [5.74, 6) is 0.664. The van der Waals surface area contributed by atoms with Gasteiger partial charge in [0.15, 0.2) is 0 Å². The van der Waals surface area contributed by atoms with Crippen LogP contribution >= 0.6 is 0 Å². The molecule has 1 unspecified atom stereocenters. The van der Waals surface area contributed by atoms with Gasteiger partial charge in [-0.15, -0.1) is 0 Å². The highest BCUT2D eigenvalue weighted by Crippen LogP contribution is 2.31. The molecule has 0 bridgehead atoms. The third-order valence-corrected chi connectivity index (χ3v) is 3.90. The van der Waals surface area contributed by atoms with Crippen molar-refractivity contribution in [2.24, 2.45) is 11.7 Å². The fraction of sp³-hybridized carbons (Fsp3) is 0.786. The Morgan fingerprint density at radius 3 is 2.71 bits per heavy atom. The van der Waals surface area contributed by atoms with Gasteiger partial charge in [-0.25, -0.2) is 0 Å². The van der Waals surface area contributed by atoms with E-state index < -0.39 is 0 Å². The monoisotopic (exact) mass is 235 g/mol. The van der Waals surface area contributed by atoms with Crippen molar-refractivity contribution in [2.75, 3.05) is 0 Å². The van der Waals surface area contributed by atoms with Crippen LogP contribution in [0, 0.1) is 5.92 Å². The van der Waals surface area contributed by atoms with Crippen LogP contribution in [0.4, 0.5) is 0 Å². The number of hydrogen-bond acceptors (Lipinski definition) is 2. The molecule has 1 fully saturated rings. The van der Waals surface area contributed by atoms with Gasteiger partial charge in [0, 0.05) is 24.3 Å². The second-order valence-corrected chi connectivity index (χ2v) is 5.31. The zero-order valence-corrected chi connectivity index (χ0v) is 10.9. The molecule has 96 valence electrons. The number of nitrogens with two attached hydrogens (primary N) is 1. The summed E-state index contributed by atoms with van der Waals surface area (Å²) >= 11 is 0. The highest BCUT2D eigenvalue weighted by Gasteiger charge is 2.21. The first-order chi connectivity index (χ1) is 8.31. The SMILES string of the molecule is CCCn1cc(C(N)C2CCCCCC2)cn1. The van der Waals surface area contributed by atoms with E-state index in [0.717, 1.165) is 13.0 Å². The largest absolute Gasteiger partial charge is 0.324 e. The van der Waals surface area contributed by atoms with Gasteiger partial charge < -0.3 is 5.73 Å². The van der Waals surface area contributed by atoms with Crippen LogP contribution in [0.25, 0.3) is 0 Å². The van der Waals surface area contributed by atoms with Gasteiger partial charge in [-0.3, -0.25) is 4.68 Å². The molecule has 17 heavy (non-hydrogen) atoms. The number of aromatic nitrogens is 2. The minimum atomic E-state index is 0.193. The molecule has 0 aromatic carbocycles. The zero-order chi connectivity index (χ0) is 12.1. The average Bonchev–Trinajstić information content (AvgIpc) is 2.64. The van der Waals surface area contributed by atoms with E-state index in [0.29, 0.717) is 5.92 Å². The number of rotatable bonds is 4. The van der Waals surface area contributed by atoms with Gasteiger partial charge in [0.05, 0.1) is 6.20 Å². The maximum absolute atomic E-state index is 6.40. The molecule has 0 radical (unpaired) electrons. The van der Waals surface area contributed by atoms with E-state index in [4.69, 9.17) is 5.73 Å². The summed E-state index contributed by atoms with van der Waals surface area (Å²) in [4.78, 5) is 0. The van der Waals surface area contributed by atoms with E-state index in [1.54, 1.807) is 0 Å². The molecule has 3 nitrogen and oxygen atoms in total. The molecule has 0 amide bonds. The lowest BCUT2D eigenvalue weighted by atomic mass is 9.89. The van der Waals surface area contributed by atoms with Crippen LogP contribution in [-0.4, -0.2) is 9.78 Å². The molecule has 1 aromatic rings. The van der Waals surface area contributed by atoms with Crippen LogP contribution in [0.1, 0.15) is 63.5 Å². The Labute approximate surface area is 104 Å². The van der Waals surface area contributed by atoms with Gasteiger partial charge in [-0.1, -0.05) is 32.6 Å². The van der Waals surface area contributed by atoms with Gasteiger partial charge in [0.1, 0.15) is 0 Å². The minimum Gasteiger partial charge on any atom is -0.324 e. The molecule has 0 spiro atoms. The highest BCUT2D eigenvalue weighted by atomic mass is 15.3. The second kappa shape index (κ2) is 6.20.